The standard InChI is InChI=1S/C26H28FN5O4/c27-20-14-30-32-22(26(35)29-12-16-5-3-1-2-4-6-16)11-21(31-24(20)32)25(34)28-13-17-7-8-23-18(9-17)10-19(33)15-36-23/h7-9,11,14,16H,1-6,10,12-13,15H2,(H,28,34)(H,29,35). The Balaban J connectivity index is 1.31. The van der Waals surface area contributed by atoms with Gasteiger partial charge in [-0.25, -0.2) is 13.9 Å². The highest BCUT2D eigenvalue weighted by Gasteiger charge is 2.22. The first kappa shape index (κ1) is 23.9. The van der Waals surface area contributed by atoms with Crippen LogP contribution in [0.2, 0.25) is 0 Å². The third-order valence-corrected chi connectivity index (χ3v) is 6.77. The van der Waals surface area contributed by atoms with Gasteiger partial charge in [0.25, 0.3) is 11.8 Å². The fourth-order valence-electron chi connectivity index (χ4n) is 4.83. The summed E-state index contributed by atoms with van der Waals surface area (Å²) in [5.74, 6) is -0.643. The molecule has 0 spiro atoms. The van der Waals surface area contributed by atoms with E-state index in [1.807, 2.05) is 6.07 Å². The number of rotatable bonds is 6. The van der Waals surface area contributed by atoms with Crippen molar-refractivity contribution in [2.45, 2.75) is 51.5 Å². The lowest BCUT2D eigenvalue weighted by Gasteiger charge is -2.17. The number of hydrogen-bond donors (Lipinski definition) is 2. The van der Waals surface area contributed by atoms with Crippen LogP contribution >= 0.6 is 0 Å². The predicted octanol–water partition coefficient (Wildman–Crippen LogP) is 3.00. The van der Waals surface area contributed by atoms with Crippen LogP contribution in [0.4, 0.5) is 4.39 Å². The summed E-state index contributed by atoms with van der Waals surface area (Å²) in [6, 6.07) is 6.71. The molecule has 0 saturated heterocycles. The van der Waals surface area contributed by atoms with Crippen LogP contribution in [-0.4, -0.2) is 45.3 Å². The smallest absolute Gasteiger partial charge is 0.270 e. The Morgan fingerprint density at radius 2 is 1.89 bits per heavy atom. The summed E-state index contributed by atoms with van der Waals surface area (Å²) in [4.78, 5) is 41.7. The summed E-state index contributed by atoms with van der Waals surface area (Å²) in [5, 5.41) is 9.63. The van der Waals surface area contributed by atoms with E-state index < -0.39 is 17.6 Å². The van der Waals surface area contributed by atoms with E-state index in [2.05, 4.69) is 20.7 Å². The largest absolute Gasteiger partial charge is 0.486 e. The number of ether oxygens (including phenoxy) is 1. The molecule has 0 bridgehead atoms. The maximum Gasteiger partial charge on any atom is 0.270 e. The molecule has 188 valence electrons. The summed E-state index contributed by atoms with van der Waals surface area (Å²) in [5.41, 5.74) is 1.32. The molecule has 2 amide bonds. The second-order valence-electron chi connectivity index (χ2n) is 9.45. The molecule has 9 nitrogen and oxygen atoms in total. The van der Waals surface area contributed by atoms with Gasteiger partial charge in [0.1, 0.15) is 23.7 Å². The zero-order valence-corrected chi connectivity index (χ0v) is 19.9. The monoisotopic (exact) mass is 493 g/mol. The van der Waals surface area contributed by atoms with E-state index in [1.54, 1.807) is 12.1 Å². The molecule has 2 aliphatic rings. The molecule has 2 N–H and O–H groups in total. The Labute approximate surface area is 207 Å². The molecule has 10 heteroatoms. The summed E-state index contributed by atoms with van der Waals surface area (Å²) < 4.78 is 20.9. The van der Waals surface area contributed by atoms with Gasteiger partial charge >= 0.3 is 0 Å². The Hall–Kier alpha value is -3.82. The number of hydrogen-bond acceptors (Lipinski definition) is 6. The molecule has 0 unspecified atom stereocenters. The van der Waals surface area contributed by atoms with Gasteiger partial charge in [-0.2, -0.15) is 5.10 Å². The highest BCUT2D eigenvalue weighted by molar-refractivity contribution is 5.98. The second-order valence-corrected chi connectivity index (χ2v) is 9.45. The van der Waals surface area contributed by atoms with Gasteiger partial charge in [0.05, 0.1) is 6.20 Å². The molecule has 1 saturated carbocycles. The Kier molecular flexibility index (Phi) is 6.92. The maximum atomic E-state index is 14.3. The molecule has 36 heavy (non-hydrogen) atoms. The van der Waals surface area contributed by atoms with Gasteiger partial charge in [0.2, 0.25) is 0 Å². The lowest BCUT2D eigenvalue weighted by molar-refractivity contribution is -0.121. The van der Waals surface area contributed by atoms with Crippen LogP contribution in [0, 0.1) is 11.7 Å². The Morgan fingerprint density at radius 3 is 2.69 bits per heavy atom. The molecular formula is C26H28FN5O4. The van der Waals surface area contributed by atoms with Crippen LogP contribution in [-0.2, 0) is 17.8 Å². The van der Waals surface area contributed by atoms with E-state index in [0.717, 1.165) is 47.5 Å². The minimum atomic E-state index is -0.721. The molecule has 1 aliphatic carbocycles. The fraction of sp³-hybridized carbons (Fsp3) is 0.423. The van der Waals surface area contributed by atoms with E-state index in [1.165, 1.54) is 18.9 Å². The third kappa shape index (κ3) is 5.22. The van der Waals surface area contributed by atoms with Crippen LogP contribution in [0.1, 0.15) is 70.6 Å². The van der Waals surface area contributed by atoms with Crippen molar-refractivity contribution in [1.29, 1.82) is 0 Å². The van der Waals surface area contributed by atoms with Gasteiger partial charge in [-0.05, 0) is 36.5 Å². The number of amides is 2. The van der Waals surface area contributed by atoms with Crippen molar-refractivity contribution in [3.05, 3.63) is 58.8 Å². The number of ketones is 1. The number of carbonyl (C=O) groups is 3. The van der Waals surface area contributed by atoms with Gasteiger partial charge in [-0.1, -0.05) is 31.7 Å². The molecule has 1 aromatic carbocycles. The van der Waals surface area contributed by atoms with E-state index in [4.69, 9.17) is 4.74 Å². The van der Waals surface area contributed by atoms with Crippen LogP contribution in [0.3, 0.4) is 0 Å². The highest BCUT2D eigenvalue weighted by atomic mass is 19.1. The quantitative estimate of drug-likeness (QED) is 0.510. The molecule has 2 aromatic heterocycles. The van der Waals surface area contributed by atoms with Crippen LogP contribution in [0.15, 0.2) is 30.5 Å². The first-order valence-electron chi connectivity index (χ1n) is 12.3. The highest BCUT2D eigenvalue weighted by Crippen LogP contribution is 2.25. The van der Waals surface area contributed by atoms with Crippen molar-refractivity contribution in [2.24, 2.45) is 5.92 Å². The molecule has 3 aromatic rings. The van der Waals surface area contributed by atoms with E-state index in [-0.39, 0.29) is 42.4 Å². The number of halogens is 1. The summed E-state index contributed by atoms with van der Waals surface area (Å²) in [6.45, 7) is 0.759. The van der Waals surface area contributed by atoms with Gasteiger partial charge in [0, 0.05) is 31.1 Å². The molecular weight excluding hydrogens is 465 g/mol. The normalized spacial score (nSPS) is 16.2. The second kappa shape index (κ2) is 10.4. The van der Waals surface area contributed by atoms with Crippen molar-refractivity contribution in [1.82, 2.24) is 25.2 Å². The summed E-state index contributed by atoms with van der Waals surface area (Å²) in [6.07, 6.45) is 8.15. The third-order valence-electron chi connectivity index (χ3n) is 6.77. The predicted molar refractivity (Wildman–Crippen MR) is 128 cm³/mol. The number of benzene rings is 1. The topological polar surface area (TPSA) is 115 Å². The SMILES string of the molecule is O=C1COc2ccc(CNC(=O)c3cc(C(=O)NCC4CCCCCC4)n4ncc(F)c4n3)cc2C1. The molecule has 1 aliphatic heterocycles. The minimum Gasteiger partial charge on any atom is -0.486 e. The van der Waals surface area contributed by atoms with Crippen molar-refractivity contribution in [3.63, 3.8) is 0 Å². The summed E-state index contributed by atoms with van der Waals surface area (Å²) in [7, 11) is 0. The van der Waals surface area contributed by atoms with Crippen molar-refractivity contribution in [2.75, 3.05) is 13.2 Å². The maximum absolute atomic E-state index is 14.3. The van der Waals surface area contributed by atoms with Gasteiger partial charge in [-0.3, -0.25) is 14.4 Å². The molecule has 5 rings (SSSR count). The number of fused-ring (bicyclic) bond motifs is 2. The van der Waals surface area contributed by atoms with E-state index >= 15 is 0 Å². The summed E-state index contributed by atoms with van der Waals surface area (Å²) >= 11 is 0. The number of nitrogens with one attached hydrogen (secondary N) is 2. The lowest BCUT2D eigenvalue weighted by Crippen LogP contribution is -2.32. The van der Waals surface area contributed by atoms with E-state index in [9.17, 15) is 18.8 Å². The first-order valence-corrected chi connectivity index (χ1v) is 12.3. The van der Waals surface area contributed by atoms with Crippen LogP contribution in [0.5, 0.6) is 5.75 Å². The average molecular weight is 494 g/mol. The van der Waals surface area contributed by atoms with Crippen molar-refractivity contribution >= 4 is 23.2 Å². The number of nitrogens with zero attached hydrogens (tertiary/aromatic N) is 3. The lowest BCUT2D eigenvalue weighted by atomic mass is 10.0. The van der Waals surface area contributed by atoms with E-state index in [0.29, 0.717) is 18.2 Å². The Morgan fingerprint density at radius 1 is 1.08 bits per heavy atom. The zero-order valence-electron chi connectivity index (χ0n) is 19.9. The fourth-order valence-corrected chi connectivity index (χ4v) is 4.83. The molecule has 3 heterocycles. The zero-order chi connectivity index (χ0) is 25.1. The number of aromatic nitrogens is 3. The first-order chi connectivity index (χ1) is 17.5. The minimum absolute atomic E-state index is 0.00568. The van der Waals surface area contributed by atoms with Crippen molar-refractivity contribution in [3.8, 4) is 5.75 Å². The Bertz CT molecular complexity index is 1310. The molecule has 0 radical (unpaired) electrons. The van der Waals surface area contributed by atoms with Crippen LogP contribution in [0.25, 0.3) is 5.65 Å². The average Bonchev–Trinajstić information content (AvgIpc) is 3.08. The number of Topliss-reactive ketones (excluding diaryl/α,β-unsaturated/α-hetero) is 1. The van der Waals surface area contributed by atoms with Gasteiger partial charge in [-0.15, -0.1) is 0 Å². The van der Waals surface area contributed by atoms with Crippen LogP contribution < -0.4 is 15.4 Å². The van der Waals surface area contributed by atoms with Gasteiger partial charge in [0.15, 0.2) is 17.2 Å². The van der Waals surface area contributed by atoms with Crippen molar-refractivity contribution < 1.29 is 23.5 Å². The molecule has 1 fully saturated rings. The molecule has 0 atom stereocenters. The number of carbonyl (C=O) groups excluding carboxylic acids is 3. The van der Waals surface area contributed by atoms with Gasteiger partial charge < -0.3 is 15.4 Å².